The lowest BCUT2D eigenvalue weighted by atomic mass is 10.1. The van der Waals surface area contributed by atoms with Gasteiger partial charge in [0.05, 0.1) is 17.9 Å². The van der Waals surface area contributed by atoms with Crippen molar-refractivity contribution in [2.75, 3.05) is 11.9 Å². The Balaban J connectivity index is 1.32. The van der Waals surface area contributed by atoms with Gasteiger partial charge in [-0.1, -0.05) is 62.1 Å². The van der Waals surface area contributed by atoms with E-state index in [-0.39, 0.29) is 28.7 Å². The van der Waals surface area contributed by atoms with Gasteiger partial charge in [0.2, 0.25) is 0 Å². The molecule has 0 aliphatic heterocycles. The summed E-state index contributed by atoms with van der Waals surface area (Å²) >= 11 is 0. The number of nitrogens with one attached hydrogen (secondary N) is 1. The average Bonchev–Trinajstić information content (AvgIpc) is 2.85. The number of unbranched alkanes of at least 4 members (excludes halogenated alkanes) is 5. The lowest BCUT2D eigenvalue weighted by Crippen LogP contribution is -2.12. The number of carbonyl (C=O) groups excluding carboxylic acids is 2. The summed E-state index contributed by atoms with van der Waals surface area (Å²) in [6.07, 6.45) is 8.28. The second-order valence-electron chi connectivity index (χ2n) is 8.44. The van der Waals surface area contributed by atoms with Crippen LogP contribution in [0, 0.1) is 0 Å². The normalized spacial score (nSPS) is 10.6. The Bertz CT molecular complexity index is 1060. The fraction of sp³-hybridized carbons (Fsp3) is 0.310. The van der Waals surface area contributed by atoms with E-state index in [1.165, 1.54) is 44.2 Å². The maximum absolute atomic E-state index is 12.5. The Labute approximate surface area is 201 Å². The molecule has 0 aliphatic rings. The summed E-state index contributed by atoms with van der Waals surface area (Å²) in [5.74, 6) is -0.131. The van der Waals surface area contributed by atoms with Gasteiger partial charge >= 0.3 is 0 Å². The molecule has 0 radical (unpaired) electrons. The zero-order valence-corrected chi connectivity index (χ0v) is 19.8. The lowest BCUT2D eigenvalue weighted by molar-refractivity contribution is 0.100. The third-order valence-electron chi connectivity index (χ3n) is 5.75. The number of aromatic hydroxyl groups is 1. The summed E-state index contributed by atoms with van der Waals surface area (Å²) < 4.78 is 5.80. The van der Waals surface area contributed by atoms with Crippen molar-refractivity contribution in [3.63, 3.8) is 0 Å². The molecule has 2 N–H and O–H groups in total. The van der Waals surface area contributed by atoms with Gasteiger partial charge in [0, 0.05) is 5.56 Å². The molecular formula is C29H33NO4. The Morgan fingerprint density at radius 2 is 1.47 bits per heavy atom. The molecule has 3 rings (SSSR count). The molecule has 3 aromatic rings. The first-order valence-electron chi connectivity index (χ1n) is 12.0. The van der Waals surface area contributed by atoms with E-state index in [2.05, 4.69) is 35.6 Å². The number of phenols is 1. The zero-order valence-electron chi connectivity index (χ0n) is 19.8. The van der Waals surface area contributed by atoms with Crippen molar-refractivity contribution in [2.45, 2.75) is 51.9 Å². The molecule has 34 heavy (non-hydrogen) atoms. The fourth-order valence-electron chi connectivity index (χ4n) is 3.80. The number of ether oxygens (including phenoxy) is 1. The van der Waals surface area contributed by atoms with E-state index in [0.717, 1.165) is 25.0 Å². The van der Waals surface area contributed by atoms with Crippen LogP contribution in [0.4, 0.5) is 5.69 Å². The standard InChI is InChI=1S/C29H33NO4/c1-22(31)26-15-11-16-27(28(26)32)30-29(33)24-17-19-25(20-18-24)34-21-10-5-3-2-4-7-12-23-13-8-6-9-14-23/h6,8-9,11,13-20,32H,2-5,7,10,12,21H2,1H3,(H,30,33). The molecule has 0 bridgehead atoms. The van der Waals surface area contributed by atoms with Crippen LogP contribution in [-0.4, -0.2) is 23.4 Å². The van der Waals surface area contributed by atoms with E-state index in [1.807, 2.05) is 0 Å². The number of Topliss-reactive ketones (excluding diaryl/α,β-unsaturated/α-hetero) is 1. The van der Waals surface area contributed by atoms with E-state index in [1.54, 1.807) is 36.4 Å². The number of carbonyl (C=O) groups is 2. The number of amides is 1. The number of anilines is 1. The molecule has 178 valence electrons. The smallest absolute Gasteiger partial charge is 0.255 e. The van der Waals surface area contributed by atoms with Crippen molar-refractivity contribution in [1.82, 2.24) is 0 Å². The topological polar surface area (TPSA) is 75.6 Å². The Hall–Kier alpha value is -3.60. The van der Waals surface area contributed by atoms with Crippen LogP contribution in [0.25, 0.3) is 0 Å². The highest BCUT2D eigenvalue weighted by molar-refractivity contribution is 6.07. The van der Waals surface area contributed by atoms with Gasteiger partial charge in [-0.25, -0.2) is 0 Å². The van der Waals surface area contributed by atoms with Crippen molar-refractivity contribution in [3.8, 4) is 11.5 Å². The van der Waals surface area contributed by atoms with Crippen LogP contribution in [-0.2, 0) is 6.42 Å². The van der Waals surface area contributed by atoms with E-state index in [9.17, 15) is 14.7 Å². The molecule has 0 aromatic heterocycles. The number of hydrogen-bond acceptors (Lipinski definition) is 4. The molecule has 1 amide bonds. The summed E-state index contributed by atoms with van der Waals surface area (Å²) in [4.78, 5) is 24.1. The van der Waals surface area contributed by atoms with Crippen LogP contribution in [0.5, 0.6) is 11.5 Å². The quantitative estimate of drug-likeness (QED) is 0.167. The average molecular weight is 460 g/mol. The molecule has 5 heteroatoms. The summed E-state index contributed by atoms with van der Waals surface area (Å²) in [5, 5.41) is 12.8. The van der Waals surface area contributed by atoms with Gasteiger partial charge in [-0.3, -0.25) is 9.59 Å². The van der Waals surface area contributed by atoms with E-state index in [4.69, 9.17) is 4.74 Å². The fourth-order valence-corrected chi connectivity index (χ4v) is 3.80. The number of ketones is 1. The van der Waals surface area contributed by atoms with Gasteiger partial charge < -0.3 is 15.2 Å². The maximum Gasteiger partial charge on any atom is 0.255 e. The van der Waals surface area contributed by atoms with E-state index >= 15 is 0 Å². The number of para-hydroxylation sites is 1. The minimum atomic E-state index is -0.366. The molecule has 0 saturated carbocycles. The minimum absolute atomic E-state index is 0.175. The zero-order chi connectivity index (χ0) is 24.2. The summed E-state index contributed by atoms with van der Waals surface area (Å²) in [6.45, 7) is 2.02. The van der Waals surface area contributed by atoms with Gasteiger partial charge in [0.25, 0.3) is 5.91 Å². The van der Waals surface area contributed by atoms with Crippen LogP contribution >= 0.6 is 0 Å². The number of phenolic OH excluding ortho intramolecular Hbond substituents is 1. The minimum Gasteiger partial charge on any atom is -0.505 e. The predicted octanol–water partition coefficient (Wildman–Crippen LogP) is 6.81. The van der Waals surface area contributed by atoms with Gasteiger partial charge in [-0.2, -0.15) is 0 Å². The van der Waals surface area contributed by atoms with Gasteiger partial charge in [-0.05, 0) is 68.1 Å². The molecule has 5 nitrogen and oxygen atoms in total. The van der Waals surface area contributed by atoms with Crippen LogP contribution in [0.2, 0.25) is 0 Å². The number of hydrogen-bond donors (Lipinski definition) is 2. The predicted molar refractivity (Wildman–Crippen MR) is 136 cm³/mol. The van der Waals surface area contributed by atoms with Crippen LogP contribution < -0.4 is 10.1 Å². The Kier molecular flexibility index (Phi) is 9.71. The first kappa shape index (κ1) is 25.0. The van der Waals surface area contributed by atoms with Crippen molar-refractivity contribution in [1.29, 1.82) is 0 Å². The third kappa shape index (κ3) is 7.77. The largest absolute Gasteiger partial charge is 0.505 e. The Morgan fingerprint density at radius 3 is 2.18 bits per heavy atom. The molecule has 0 unspecified atom stereocenters. The SMILES string of the molecule is CC(=O)c1cccc(NC(=O)c2ccc(OCCCCCCCCc3ccccc3)cc2)c1O. The maximum atomic E-state index is 12.5. The van der Waals surface area contributed by atoms with E-state index in [0.29, 0.717) is 12.2 Å². The van der Waals surface area contributed by atoms with Gasteiger partial charge in [-0.15, -0.1) is 0 Å². The highest BCUT2D eigenvalue weighted by Gasteiger charge is 2.14. The second-order valence-corrected chi connectivity index (χ2v) is 8.44. The number of aryl methyl sites for hydroxylation is 1. The van der Waals surface area contributed by atoms with E-state index < -0.39 is 0 Å². The monoisotopic (exact) mass is 459 g/mol. The Morgan fingerprint density at radius 1 is 0.794 bits per heavy atom. The molecule has 0 saturated heterocycles. The molecule has 0 fully saturated rings. The summed E-state index contributed by atoms with van der Waals surface area (Å²) in [6, 6.07) is 22.2. The van der Waals surface area contributed by atoms with Crippen molar-refractivity contribution in [2.24, 2.45) is 0 Å². The van der Waals surface area contributed by atoms with Gasteiger partial charge in [0.15, 0.2) is 5.78 Å². The molecule has 0 aliphatic carbocycles. The molecule has 0 atom stereocenters. The van der Waals surface area contributed by atoms with Crippen LogP contribution in [0.15, 0.2) is 72.8 Å². The first-order chi connectivity index (χ1) is 16.5. The summed E-state index contributed by atoms with van der Waals surface area (Å²) in [5.41, 5.74) is 2.24. The lowest BCUT2D eigenvalue weighted by Gasteiger charge is -2.10. The molecule has 3 aromatic carbocycles. The van der Waals surface area contributed by atoms with Crippen molar-refractivity contribution >= 4 is 17.4 Å². The highest BCUT2D eigenvalue weighted by atomic mass is 16.5. The van der Waals surface area contributed by atoms with Crippen molar-refractivity contribution in [3.05, 3.63) is 89.5 Å². The van der Waals surface area contributed by atoms with Gasteiger partial charge in [0.1, 0.15) is 11.5 Å². The molecule has 0 heterocycles. The second kappa shape index (κ2) is 13.2. The van der Waals surface area contributed by atoms with Crippen molar-refractivity contribution < 1.29 is 19.4 Å². The highest BCUT2D eigenvalue weighted by Crippen LogP contribution is 2.28. The molecule has 0 spiro atoms. The number of rotatable bonds is 13. The number of benzene rings is 3. The third-order valence-corrected chi connectivity index (χ3v) is 5.75. The summed E-state index contributed by atoms with van der Waals surface area (Å²) in [7, 11) is 0. The molecular weight excluding hydrogens is 426 g/mol. The van der Waals surface area contributed by atoms with Crippen LogP contribution in [0.3, 0.4) is 0 Å². The first-order valence-corrected chi connectivity index (χ1v) is 12.0. The van der Waals surface area contributed by atoms with Crippen LogP contribution in [0.1, 0.15) is 71.7 Å².